The van der Waals surface area contributed by atoms with E-state index in [-0.39, 0.29) is 11.0 Å². The third kappa shape index (κ3) is 5.68. The molecule has 56 heavy (non-hydrogen) atoms. The maximum atomic E-state index is 2.63. The minimum absolute atomic E-state index is 0.0815. The summed E-state index contributed by atoms with van der Waals surface area (Å²) in [6.45, 7) is 12.0. The maximum absolute atomic E-state index is 2.63. The largest absolute Gasteiger partial charge is 0.338 e. The van der Waals surface area contributed by atoms with Crippen molar-refractivity contribution >= 4 is 40.0 Å². The van der Waals surface area contributed by atoms with Crippen LogP contribution in [0.1, 0.15) is 94.5 Å². The van der Waals surface area contributed by atoms with Gasteiger partial charge in [0.15, 0.2) is 0 Å². The minimum atomic E-state index is -0.0839. The van der Waals surface area contributed by atoms with E-state index >= 15 is 0 Å². The molecule has 2 heterocycles. The Kier molecular flexibility index (Phi) is 8.26. The lowest BCUT2D eigenvalue weighted by atomic mass is 9.80. The fourth-order valence-electron chi connectivity index (χ4n) is 10.3. The summed E-state index contributed by atoms with van der Waals surface area (Å²) in [7, 11) is 0. The normalized spacial score (nSPS) is 19.3. The Morgan fingerprint density at radius 3 is 2.16 bits per heavy atom. The van der Waals surface area contributed by atoms with E-state index in [2.05, 4.69) is 190 Å². The highest BCUT2D eigenvalue weighted by Crippen LogP contribution is 2.52. The maximum Gasteiger partial charge on any atom is 0.0493 e. The molecule has 0 fully saturated rings. The van der Waals surface area contributed by atoms with Gasteiger partial charge in [-0.3, -0.25) is 0 Å². The predicted octanol–water partition coefficient (Wildman–Crippen LogP) is 14.4. The first kappa shape index (κ1) is 34.9. The Bertz CT molecular complexity index is 2610. The van der Waals surface area contributed by atoms with E-state index in [1.165, 1.54) is 109 Å². The van der Waals surface area contributed by atoms with Crippen LogP contribution >= 0.6 is 0 Å². The van der Waals surface area contributed by atoms with Crippen molar-refractivity contribution in [3.63, 3.8) is 0 Å². The topological polar surface area (TPSA) is 6.48 Å². The molecule has 2 aliphatic carbocycles. The first-order valence-electron chi connectivity index (χ1n) is 20.8. The second-order valence-electron chi connectivity index (χ2n) is 17.8. The third-order valence-electron chi connectivity index (χ3n) is 13.5. The van der Waals surface area contributed by atoms with Crippen LogP contribution in [0.15, 0.2) is 145 Å². The summed E-state index contributed by atoms with van der Waals surface area (Å²) < 4.78 is 0. The van der Waals surface area contributed by atoms with Crippen molar-refractivity contribution in [1.82, 2.24) is 0 Å². The van der Waals surface area contributed by atoms with Crippen molar-refractivity contribution in [3.8, 4) is 22.3 Å². The number of aryl methyl sites for hydroxylation is 1. The highest BCUT2D eigenvalue weighted by molar-refractivity contribution is 6.05. The zero-order valence-electron chi connectivity index (χ0n) is 33.6. The van der Waals surface area contributed by atoms with Crippen LogP contribution in [0, 0.1) is 0 Å². The molecule has 2 nitrogen and oxygen atoms in total. The molecule has 0 N–H and O–H groups in total. The molecule has 1 unspecified atom stereocenters. The molecule has 2 aliphatic heterocycles. The molecule has 0 aromatic heterocycles. The molecule has 6 aromatic carbocycles. The van der Waals surface area contributed by atoms with Gasteiger partial charge in [-0.1, -0.05) is 129 Å². The Morgan fingerprint density at radius 1 is 0.625 bits per heavy atom. The summed E-state index contributed by atoms with van der Waals surface area (Å²) in [5.74, 6) is 0. The average molecular weight is 729 g/mol. The lowest BCUT2D eigenvalue weighted by Gasteiger charge is -2.47. The van der Waals surface area contributed by atoms with Crippen LogP contribution in [0.5, 0.6) is 0 Å². The van der Waals surface area contributed by atoms with Crippen molar-refractivity contribution in [3.05, 3.63) is 173 Å². The Balaban J connectivity index is 0.916. The molecule has 0 spiro atoms. The van der Waals surface area contributed by atoms with Crippen LogP contribution in [0.4, 0.5) is 17.1 Å². The highest BCUT2D eigenvalue weighted by Gasteiger charge is 2.39. The molecule has 0 radical (unpaired) electrons. The van der Waals surface area contributed by atoms with Crippen molar-refractivity contribution in [2.75, 3.05) is 9.80 Å². The number of rotatable bonds is 5. The smallest absolute Gasteiger partial charge is 0.0493 e. The van der Waals surface area contributed by atoms with Crippen molar-refractivity contribution < 1.29 is 0 Å². The number of para-hydroxylation sites is 1. The van der Waals surface area contributed by atoms with Gasteiger partial charge in [-0.15, -0.1) is 0 Å². The van der Waals surface area contributed by atoms with E-state index in [4.69, 9.17) is 0 Å². The van der Waals surface area contributed by atoms with E-state index in [1.54, 1.807) is 5.57 Å². The lowest BCUT2D eigenvalue weighted by Crippen LogP contribution is -2.46. The van der Waals surface area contributed by atoms with Gasteiger partial charge < -0.3 is 9.80 Å². The van der Waals surface area contributed by atoms with Crippen molar-refractivity contribution in [1.29, 1.82) is 0 Å². The van der Waals surface area contributed by atoms with E-state index in [9.17, 15) is 0 Å². The first-order valence-corrected chi connectivity index (χ1v) is 20.8. The molecule has 6 aromatic rings. The summed E-state index contributed by atoms with van der Waals surface area (Å²) in [4.78, 5) is 5.19. The van der Waals surface area contributed by atoms with E-state index in [1.807, 2.05) is 0 Å². The quantitative estimate of drug-likeness (QED) is 0.163. The Labute approximate surface area is 333 Å². The molecule has 1 atom stereocenters. The number of allylic oxidation sites excluding steroid dienone is 3. The van der Waals surface area contributed by atoms with Gasteiger partial charge in [-0.05, 0) is 151 Å². The van der Waals surface area contributed by atoms with E-state index < -0.39 is 0 Å². The van der Waals surface area contributed by atoms with Crippen LogP contribution in [0.3, 0.4) is 0 Å². The van der Waals surface area contributed by atoms with E-state index in [0.29, 0.717) is 6.04 Å². The van der Waals surface area contributed by atoms with Crippen LogP contribution in [-0.2, 0) is 11.8 Å². The van der Waals surface area contributed by atoms with E-state index in [0.717, 1.165) is 12.8 Å². The number of anilines is 3. The standard InChI is InChI=1S/C54H52N2/c1-36-18-24-40-12-6-10-16-50(40)55(36)52-31-30-43(44-14-8-9-15-47(44)52)39-25-21-37(22-26-39)19-20-38-23-28-45-46-29-27-42(35-49(46)54(4,5)48(45)34-38)56-51-17-11-7-13-41(51)32-33-53(56,2)3/h6,8-12,14-17,19-23,25-31,34-36H,7,13,18,24,32-33H2,1-5H3/b20-19+. The van der Waals surface area contributed by atoms with Gasteiger partial charge in [0.25, 0.3) is 0 Å². The summed E-state index contributed by atoms with van der Waals surface area (Å²) in [5, 5.41) is 2.60. The van der Waals surface area contributed by atoms with Gasteiger partial charge in [-0.2, -0.15) is 0 Å². The Morgan fingerprint density at radius 2 is 1.32 bits per heavy atom. The molecular formula is C54H52N2. The molecule has 10 rings (SSSR count). The molecule has 0 saturated heterocycles. The number of hydrogen-bond acceptors (Lipinski definition) is 2. The van der Waals surface area contributed by atoms with Crippen molar-refractivity contribution in [2.45, 2.75) is 90.1 Å². The fourth-order valence-corrected chi connectivity index (χ4v) is 10.3. The van der Waals surface area contributed by atoms with Crippen molar-refractivity contribution in [2.24, 2.45) is 0 Å². The zero-order chi connectivity index (χ0) is 38.2. The molecule has 4 aliphatic rings. The number of benzene rings is 6. The summed E-state index contributed by atoms with van der Waals surface area (Å²) in [5.41, 5.74) is 19.0. The average Bonchev–Trinajstić information content (AvgIpc) is 3.44. The van der Waals surface area contributed by atoms with Crippen LogP contribution in [0.2, 0.25) is 0 Å². The highest BCUT2D eigenvalue weighted by atomic mass is 15.2. The summed E-state index contributed by atoms with van der Waals surface area (Å²) in [6.07, 6.45) is 16.4. The van der Waals surface area contributed by atoms with Crippen LogP contribution in [-0.4, -0.2) is 11.6 Å². The molecule has 278 valence electrons. The van der Waals surface area contributed by atoms with Gasteiger partial charge in [0, 0.05) is 45.1 Å². The van der Waals surface area contributed by atoms with Gasteiger partial charge in [0.05, 0.1) is 0 Å². The van der Waals surface area contributed by atoms with Crippen LogP contribution in [0.25, 0.3) is 45.2 Å². The molecular weight excluding hydrogens is 677 g/mol. The zero-order valence-corrected chi connectivity index (χ0v) is 33.6. The van der Waals surface area contributed by atoms with Crippen LogP contribution < -0.4 is 9.80 Å². The molecule has 0 amide bonds. The summed E-state index contributed by atoms with van der Waals surface area (Å²) >= 11 is 0. The third-order valence-corrected chi connectivity index (χ3v) is 13.5. The number of fused-ring (bicyclic) bond motifs is 5. The first-order chi connectivity index (χ1) is 27.2. The monoisotopic (exact) mass is 728 g/mol. The van der Waals surface area contributed by atoms with Gasteiger partial charge in [0.2, 0.25) is 0 Å². The lowest BCUT2D eigenvalue weighted by molar-refractivity contribution is 0.425. The SMILES string of the molecule is CC1CCc2ccccc2N1c1ccc(-c2ccc(/C=C/c3ccc4c(c3)C(C)(C)c3cc(N5C6=C(CCC=C6)CCC5(C)C)ccc3-4)cc2)c2ccccc12. The van der Waals surface area contributed by atoms with Gasteiger partial charge in [-0.25, -0.2) is 0 Å². The summed E-state index contributed by atoms with van der Waals surface area (Å²) in [6, 6.07) is 46.4. The second-order valence-corrected chi connectivity index (χ2v) is 17.8. The fraction of sp³-hybridized carbons (Fsp3) is 0.259. The minimum Gasteiger partial charge on any atom is -0.338 e. The Hall–Kier alpha value is -5.60. The second kappa shape index (κ2) is 13.3. The molecule has 0 saturated carbocycles. The van der Waals surface area contributed by atoms with Gasteiger partial charge in [0.1, 0.15) is 0 Å². The predicted molar refractivity (Wildman–Crippen MR) is 240 cm³/mol. The molecule has 2 heteroatoms. The number of nitrogens with zero attached hydrogens (tertiary/aromatic N) is 2. The molecule has 0 bridgehead atoms. The number of hydrogen-bond donors (Lipinski definition) is 0. The van der Waals surface area contributed by atoms with Gasteiger partial charge >= 0.3 is 0 Å².